The lowest BCUT2D eigenvalue weighted by Crippen LogP contribution is -2.47. The lowest BCUT2D eigenvalue weighted by molar-refractivity contribution is -0.170. The second-order valence-corrected chi connectivity index (χ2v) is 4.88. The quantitative estimate of drug-likeness (QED) is 0.421. The summed E-state index contributed by atoms with van der Waals surface area (Å²) in [5.41, 5.74) is 0. The lowest BCUT2D eigenvalue weighted by atomic mass is 10.2. The number of alkyl halides is 4. The topological polar surface area (TPSA) is 63.6 Å². The molecule has 0 saturated carbocycles. The minimum Gasteiger partial charge on any atom is -0.381 e. The van der Waals surface area contributed by atoms with E-state index in [1.54, 1.807) is 0 Å². The van der Waals surface area contributed by atoms with Crippen molar-refractivity contribution in [3.63, 3.8) is 0 Å². The monoisotopic (exact) mass is 282 g/mol. The molecule has 0 aromatic carbocycles. The van der Waals surface area contributed by atoms with Gasteiger partial charge in [-0.1, -0.05) is 13.3 Å². The van der Waals surface area contributed by atoms with Gasteiger partial charge in [0.05, 0.1) is 6.61 Å². The number of hydrogen-bond acceptors (Lipinski definition) is 3. The Bertz CT molecular complexity index is 328. The third kappa shape index (κ3) is 4.40. The summed E-state index contributed by atoms with van der Waals surface area (Å²) in [6, 6.07) is 0. The molecule has 0 aromatic rings. The van der Waals surface area contributed by atoms with E-state index in [0.29, 0.717) is 6.42 Å². The molecule has 0 amide bonds. The van der Waals surface area contributed by atoms with Crippen molar-refractivity contribution < 1.29 is 35.3 Å². The van der Waals surface area contributed by atoms with Gasteiger partial charge in [0.1, 0.15) is 0 Å². The summed E-state index contributed by atoms with van der Waals surface area (Å²) < 4.78 is 83.8. The van der Waals surface area contributed by atoms with Crippen LogP contribution in [0.4, 0.5) is 17.6 Å². The van der Waals surface area contributed by atoms with Crippen LogP contribution >= 0.6 is 0 Å². The summed E-state index contributed by atoms with van der Waals surface area (Å²) in [7, 11) is -6.15. The number of unbranched alkanes of at least 4 members (excludes halogenated alkanes) is 1. The highest BCUT2D eigenvalue weighted by molar-refractivity contribution is 7.87. The fourth-order valence-corrected chi connectivity index (χ4v) is 1.36. The maximum atomic E-state index is 12.8. The molecule has 0 aliphatic heterocycles. The van der Waals surface area contributed by atoms with Gasteiger partial charge in [-0.15, -0.1) is 0 Å². The van der Waals surface area contributed by atoms with Crippen molar-refractivity contribution in [3.8, 4) is 0 Å². The number of halogens is 4. The van der Waals surface area contributed by atoms with Gasteiger partial charge in [0.2, 0.25) is 0 Å². The van der Waals surface area contributed by atoms with Gasteiger partial charge in [0, 0.05) is 13.0 Å². The summed E-state index contributed by atoms with van der Waals surface area (Å²) in [4.78, 5) is 0. The summed E-state index contributed by atoms with van der Waals surface area (Å²) in [5, 5.41) is -5.51. The summed E-state index contributed by atoms with van der Waals surface area (Å²) in [6.07, 6.45) is -0.151. The molecule has 0 unspecified atom stereocenters. The molecule has 1 N–H and O–H groups in total. The normalized spacial score (nSPS) is 14.0. The average Bonchev–Trinajstić information content (AvgIpc) is 2.15. The Morgan fingerprint density at radius 1 is 1.18 bits per heavy atom. The van der Waals surface area contributed by atoms with Gasteiger partial charge in [-0.2, -0.15) is 26.0 Å². The maximum Gasteiger partial charge on any atom is 0.431 e. The lowest BCUT2D eigenvalue weighted by Gasteiger charge is -2.23. The summed E-state index contributed by atoms with van der Waals surface area (Å²) in [6.45, 7) is 1.24. The first-order chi connectivity index (χ1) is 7.56. The van der Waals surface area contributed by atoms with Gasteiger partial charge in [0.25, 0.3) is 0 Å². The Kier molecular flexibility index (Phi) is 5.82. The van der Waals surface area contributed by atoms with Crippen LogP contribution < -0.4 is 0 Å². The van der Waals surface area contributed by atoms with Crippen LogP contribution in [0.5, 0.6) is 0 Å². The van der Waals surface area contributed by atoms with E-state index in [1.165, 1.54) is 0 Å². The van der Waals surface area contributed by atoms with E-state index in [1.807, 2.05) is 6.92 Å². The van der Waals surface area contributed by atoms with E-state index in [9.17, 15) is 26.0 Å². The predicted octanol–water partition coefficient (Wildman–Crippen LogP) is 2.31. The largest absolute Gasteiger partial charge is 0.431 e. The fraction of sp³-hybridized carbons (Fsp3) is 1.00. The van der Waals surface area contributed by atoms with Crippen LogP contribution in [0.1, 0.15) is 26.2 Å². The molecular formula is C8H14F4O4S. The Balaban J connectivity index is 4.38. The van der Waals surface area contributed by atoms with Gasteiger partial charge in [0.15, 0.2) is 0 Å². The van der Waals surface area contributed by atoms with Gasteiger partial charge < -0.3 is 4.74 Å². The van der Waals surface area contributed by atoms with Crippen LogP contribution in [0.2, 0.25) is 0 Å². The van der Waals surface area contributed by atoms with Crippen molar-refractivity contribution in [1.29, 1.82) is 0 Å². The van der Waals surface area contributed by atoms with Crippen LogP contribution in [0.3, 0.4) is 0 Å². The Morgan fingerprint density at radius 2 is 1.71 bits per heavy atom. The zero-order valence-corrected chi connectivity index (χ0v) is 9.94. The molecule has 9 heteroatoms. The molecular weight excluding hydrogens is 268 g/mol. The van der Waals surface area contributed by atoms with Gasteiger partial charge in [-0.05, 0) is 6.42 Å². The van der Waals surface area contributed by atoms with Crippen molar-refractivity contribution in [2.45, 2.75) is 37.4 Å². The van der Waals surface area contributed by atoms with Crippen LogP contribution in [0.25, 0.3) is 0 Å². The zero-order chi connectivity index (χ0) is 13.7. The molecule has 0 fully saturated rings. The Hall–Kier alpha value is -0.410. The molecule has 4 nitrogen and oxygen atoms in total. The van der Waals surface area contributed by atoms with E-state index < -0.39 is 34.3 Å². The van der Waals surface area contributed by atoms with E-state index >= 15 is 0 Å². The minimum atomic E-state index is -6.15. The van der Waals surface area contributed by atoms with E-state index in [0.717, 1.165) is 6.42 Å². The first-order valence-electron chi connectivity index (χ1n) is 4.86. The molecule has 104 valence electrons. The smallest absolute Gasteiger partial charge is 0.381 e. The van der Waals surface area contributed by atoms with Crippen molar-refractivity contribution >= 4 is 10.1 Å². The van der Waals surface area contributed by atoms with Crippen molar-refractivity contribution in [1.82, 2.24) is 0 Å². The highest BCUT2D eigenvalue weighted by atomic mass is 32.2. The minimum absolute atomic E-state index is 0.129. The van der Waals surface area contributed by atoms with Gasteiger partial charge >= 0.3 is 21.3 Å². The Morgan fingerprint density at radius 3 is 2.12 bits per heavy atom. The third-order valence-electron chi connectivity index (χ3n) is 1.95. The molecule has 0 heterocycles. The van der Waals surface area contributed by atoms with Gasteiger partial charge in [-0.3, -0.25) is 4.55 Å². The molecule has 17 heavy (non-hydrogen) atoms. The summed E-state index contributed by atoms with van der Waals surface area (Å²) in [5.74, 6) is -4.87. The second kappa shape index (κ2) is 5.96. The first kappa shape index (κ1) is 16.6. The standard InChI is InChI=1S/C8H14F4O4S/c1-2-3-5-16-6-4-7(9,10)8(11,12)17(13,14)15/h2-6H2,1H3,(H,13,14,15). The third-order valence-corrected chi connectivity index (χ3v) is 2.90. The summed E-state index contributed by atoms with van der Waals surface area (Å²) >= 11 is 0. The maximum absolute atomic E-state index is 12.8. The number of ether oxygens (including phenoxy) is 1. The molecule has 0 bridgehead atoms. The van der Waals surface area contributed by atoms with E-state index in [4.69, 9.17) is 4.55 Å². The molecule has 0 aromatic heterocycles. The van der Waals surface area contributed by atoms with E-state index in [2.05, 4.69) is 4.74 Å². The van der Waals surface area contributed by atoms with Crippen molar-refractivity contribution in [3.05, 3.63) is 0 Å². The second-order valence-electron chi connectivity index (χ2n) is 3.41. The fourth-order valence-electron chi connectivity index (χ4n) is 0.883. The molecule has 0 aliphatic rings. The molecule has 0 radical (unpaired) electrons. The van der Waals surface area contributed by atoms with Crippen LogP contribution in [0.15, 0.2) is 0 Å². The average molecular weight is 282 g/mol. The van der Waals surface area contributed by atoms with Gasteiger partial charge in [-0.25, -0.2) is 0 Å². The number of rotatable bonds is 8. The van der Waals surface area contributed by atoms with Crippen molar-refractivity contribution in [2.24, 2.45) is 0 Å². The molecule has 0 saturated heterocycles. The molecule has 0 rings (SSSR count). The molecule has 0 atom stereocenters. The Labute approximate surface area is 96.7 Å². The molecule has 0 aliphatic carbocycles. The number of hydrogen-bond donors (Lipinski definition) is 1. The molecule has 0 spiro atoms. The van der Waals surface area contributed by atoms with E-state index in [-0.39, 0.29) is 6.61 Å². The van der Waals surface area contributed by atoms with Crippen LogP contribution in [0, 0.1) is 0 Å². The van der Waals surface area contributed by atoms with Crippen molar-refractivity contribution in [2.75, 3.05) is 13.2 Å². The zero-order valence-electron chi connectivity index (χ0n) is 9.13. The SMILES string of the molecule is CCCCOCCC(F)(F)C(F)(F)S(=O)(=O)O. The highest BCUT2D eigenvalue weighted by Crippen LogP contribution is 2.40. The van der Waals surface area contributed by atoms with Crippen LogP contribution in [-0.2, 0) is 14.9 Å². The highest BCUT2D eigenvalue weighted by Gasteiger charge is 2.65. The first-order valence-corrected chi connectivity index (χ1v) is 6.30. The van der Waals surface area contributed by atoms with Crippen LogP contribution in [-0.4, -0.2) is 37.4 Å². The predicted molar refractivity (Wildman–Crippen MR) is 51.8 cm³/mol.